The number of alkyl carbamates (subject to hydrolysis) is 1. The first kappa shape index (κ1) is 19.5. The number of hydrogen-bond donors (Lipinski definition) is 2. The zero-order valence-corrected chi connectivity index (χ0v) is 15.3. The van der Waals surface area contributed by atoms with Gasteiger partial charge in [-0.2, -0.15) is 0 Å². The Hall–Kier alpha value is -1.56. The lowest BCUT2D eigenvalue weighted by Crippen LogP contribution is -2.40. The number of nitrogens with one attached hydrogen (secondary N) is 2. The zero-order valence-electron chi connectivity index (χ0n) is 15.3. The molecule has 0 aromatic carbocycles. The average molecular weight is 324 g/mol. The molecule has 0 spiro atoms. The molecule has 1 amide bonds. The molecule has 1 rings (SSSR count). The fraction of sp³-hybridized carbons (Fsp3) is 0.765. The first-order valence-electron chi connectivity index (χ1n) is 8.33. The highest BCUT2D eigenvalue weighted by Crippen LogP contribution is 2.10. The maximum atomic E-state index is 11.7. The van der Waals surface area contributed by atoms with Crippen molar-refractivity contribution in [2.75, 3.05) is 19.6 Å². The number of rotatable bonds is 8. The van der Waals surface area contributed by atoms with Gasteiger partial charge in [0.05, 0.1) is 0 Å². The van der Waals surface area contributed by atoms with Gasteiger partial charge in [0.1, 0.15) is 11.4 Å². The lowest BCUT2D eigenvalue weighted by Gasteiger charge is -2.24. The molecule has 0 saturated heterocycles. The SMILES string of the molecule is CC(C)C(CNCCc1nccn1C)CNC(=O)OC(C)(C)C. The van der Waals surface area contributed by atoms with E-state index in [1.165, 1.54) is 0 Å². The van der Waals surface area contributed by atoms with Crippen LogP contribution in [0.25, 0.3) is 0 Å². The Morgan fingerprint density at radius 1 is 1.35 bits per heavy atom. The monoisotopic (exact) mass is 324 g/mol. The van der Waals surface area contributed by atoms with Crippen LogP contribution in [0.3, 0.4) is 0 Å². The molecule has 0 aliphatic rings. The molecular weight excluding hydrogens is 292 g/mol. The van der Waals surface area contributed by atoms with Gasteiger partial charge in [-0.05, 0) is 39.2 Å². The molecular formula is C17H32N4O2. The van der Waals surface area contributed by atoms with Crippen molar-refractivity contribution in [2.45, 2.75) is 46.6 Å². The van der Waals surface area contributed by atoms with Crippen LogP contribution in [0.1, 0.15) is 40.4 Å². The maximum Gasteiger partial charge on any atom is 0.407 e. The minimum absolute atomic E-state index is 0.351. The molecule has 1 aromatic rings. The Kier molecular flexibility index (Phi) is 7.55. The van der Waals surface area contributed by atoms with Crippen molar-refractivity contribution in [3.05, 3.63) is 18.2 Å². The van der Waals surface area contributed by atoms with E-state index in [-0.39, 0.29) is 6.09 Å². The van der Waals surface area contributed by atoms with Crippen molar-refractivity contribution in [3.63, 3.8) is 0 Å². The second kappa shape index (κ2) is 8.91. The zero-order chi connectivity index (χ0) is 17.5. The van der Waals surface area contributed by atoms with Gasteiger partial charge < -0.3 is 19.9 Å². The summed E-state index contributed by atoms with van der Waals surface area (Å²) >= 11 is 0. The van der Waals surface area contributed by atoms with Crippen molar-refractivity contribution in [3.8, 4) is 0 Å². The molecule has 0 aliphatic heterocycles. The first-order valence-corrected chi connectivity index (χ1v) is 8.33. The van der Waals surface area contributed by atoms with Crippen LogP contribution in [-0.4, -0.2) is 40.9 Å². The van der Waals surface area contributed by atoms with Gasteiger partial charge in [0.15, 0.2) is 0 Å². The summed E-state index contributed by atoms with van der Waals surface area (Å²) in [4.78, 5) is 16.1. The van der Waals surface area contributed by atoms with E-state index >= 15 is 0 Å². The van der Waals surface area contributed by atoms with Crippen molar-refractivity contribution < 1.29 is 9.53 Å². The normalized spacial score (nSPS) is 13.2. The highest BCUT2D eigenvalue weighted by molar-refractivity contribution is 5.67. The Bertz CT molecular complexity index is 477. The third kappa shape index (κ3) is 8.02. The summed E-state index contributed by atoms with van der Waals surface area (Å²) in [5.74, 6) is 1.92. The smallest absolute Gasteiger partial charge is 0.407 e. The summed E-state index contributed by atoms with van der Waals surface area (Å²) in [6.45, 7) is 12.3. The van der Waals surface area contributed by atoms with Gasteiger partial charge in [0.25, 0.3) is 0 Å². The number of hydrogen-bond acceptors (Lipinski definition) is 4. The number of amides is 1. The summed E-state index contributed by atoms with van der Waals surface area (Å²) < 4.78 is 7.31. The molecule has 6 nitrogen and oxygen atoms in total. The van der Waals surface area contributed by atoms with Crippen LogP contribution in [0.15, 0.2) is 12.4 Å². The third-order valence-electron chi connectivity index (χ3n) is 3.70. The standard InChI is InChI=1S/C17H32N4O2/c1-13(2)14(12-20-16(22)23-17(3,4)5)11-18-8-7-15-19-9-10-21(15)6/h9-10,13-14,18H,7-8,11-12H2,1-6H3,(H,20,22). The minimum Gasteiger partial charge on any atom is -0.444 e. The molecule has 0 radical (unpaired) electrons. The Morgan fingerprint density at radius 3 is 2.57 bits per heavy atom. The van der Waals surface area contributed by atoms with E-state index in [0.717, 1.165) is 25.3 Å². The molecule has 0 bridgehead atoms. The number of carbonyl (C=O) groups excluding carboxylic acids is 1. The van der Waals surface area contributed by atoms with E-state index in [9.17, 15) is 4.79 Å². The van der Waals surface area contributed by atoms with Gasteiger partial charge in [0, 0.05) is 39.0 Å². The number of aryl methyl sites for hydroxylation is 1. The molecule has 1 atom stereocenters. The van der Waals surface area contributed by atoms with Gasteiger partial charge in [-0.15, -0.1) is 0 Å². The van der Waals surface area contributed by atoms with Crippen LogP contribution in [0, 0.1) is 11.8 Å². The van der Waals surface area contributed by atoms with Crippen molar-refractivity contribution in [1.82, 2.24) is 20.2 Å². The predicted molar refractivity (Wildman–Crippen MR) is 92.3 cm³/mol. The van der Waals surface area contributed by atoms with Crippen LogP contribution in [0.4, 0.5) is 4.79 Å². The van der Waals surface area contributed by atoms with Crippen LogP contribution < -0.4 is 10.6 Å². The van der Waals surface area contributed by atoms with Crippen LogP contribution in [0.5, 0.6) is 0 Å². The predicted octanol–water partition coefficient (Wildman–Crippen LogP) is 2.35. The Labute approximate surface area is 140 Å². The van der Waals surface area contributed by atoms with Gasteiger partial charge >= 0.3 is 6.09 Å². The quantitative estimate of drug-likeness (QED) is 0.720. The van der Waals surface area contributed by atoms with E-state index in [1.54, 1.807) is 0 Å². The molecule has 132 valence electrons. The second-order valence-corrected chi connectivity index (χ2v) is 7.30. The van der Waals surface area contributed by atoms with Crippen molar-refractivity contribution >= 4 is 6.09 Å². The van der Waals surface area contributed by atoms with E-state index in [1.807, 2.05) is 44.8 Å². The summed E-state index contributed by atoms with van der Waals surface area (Å²) in [6.07, 6.45) is 4.32. The number of carbonyl (C=O) groups is 1. The van der Waals surface area contributed by atoms with Gasteiger partial charge in [-0.1, -0.05) is 13.8 Å². The van der Waals surface area contributed by atoms with E-state index in [0.29, 0.717) is 18.4 Å². The van der Waals surface area contributed by atoms with Crippen molar-refractivity contribution in [1.29, 1.82) is 0 Å². The second-order valence-electron chi connectivity index (χ2n) is 7.30. The molecule has 0 aliphatic carbocycles. The number of ether oxygens (including phenoxy) is 1. The third-order valence-corrected chi connectivity index (χ3v) is 3.70. The topological polar surface area (TPSA) is 68.2 Å². The van der Waals surface area contributed by atoms with Crippen molar-refractivity contribution in [2.24, 2.45) is 18.9 Å². The molecule has 2 N–H and O–H groups in total. The largest absolute Gasteiger partial charge is 0.444 e. The van der Waals surface area contributed by atoms with Gasteiger partial charge in [-0.3, -0.25) is 0 Å². The molecule has 0 saturated carbocycles. The highest BCUT2D eigenvalue weighted by Gasteiger charge is 2.18. The summed E-state index contributed by atoms with van der Waals surface area (Å²) in [5, 5.41) is 6.33. The van der Waals surface area contributed by atoms with E-state index < -0.39 is 5.60 Å². The molecule has 1 unspecified atom stereocenters. The molecule has 1 heterocycles. The Balaban J connectivity index is 2.29. The molecule has 23 heavy (non-hydrogen) atoms. The summed E-state index contributed by atoms with van der Waals surface area (Å²) in [5.41, 5.74) is -0.461. The maximum absolute atomic E-state index is 11.7. The lowest BCUT2D eigenvalue weighted by molar-refractivity contribution is 0.0515. The summed E-state index contributed by atoms with van der Waals surface area (Å²) in [6, 6.07) is 0. The van der Waals surface area contributed by atoms with Crippen LogP contribution in [0.2, 0.25) is 0 Å². The number of nitrogens with zero attached hydrogens (tertiary/aromatic N) is 2. The number of aromatic nitrogens is 2. The number of imidazole rings is 1. The molecule has 1 aromatic heterocycles. The van der Waals surface area contributed by atoms with Gasteiger partial charge in [-0.25, -0.2) is 9.78 Å². The fourth-order valence-corrected chi connectivity index (χ4v) is 2.20. The fourth-order valence-electron chi connectivity index (χ4n) is 2.20. The average Bonchev–Trinajstić information content (AvgIpc) is 2.81. The lowest BCUT2D eigenvalue weighted by atomic mass is 9.96. The van der Waals surface area contributed by atoms with Crippen LogP contribution >= 0.6 is 0 Å². The minimum atomic E-state index is -0.461. The van der Waals surface area contributed by atoms with E-state index in [4.69, 9.17) is 4.74 Å². The Morgan fingerprint density at radius 2 is 2.04 bits per heavy atom. The van der Waals surface area contributed by atoms with E-state index in [2.05, 4.69) is 29.5 Å². The first-order chi connectivity index (χ1) is 10.7. The van der Waals surface area contributed by atoms with Crippen LogP contribution in [-0.2, 0) is 18.2 Å². The highest BCUT2D eigenvalue weighted by atomic mass is 16.6. The molecule has 6 heteroatoms. The summed E-state index contributed by atoms with van der Waals surface area (Å²) in [7, 11) is 2.00. The van der Waals surface area contributed by atoms with Gasteiger partial charge in [0.2, 0.25) is 0 Å². The molecule has 0 fully saturated rings.